The van der Waals surface area contributed by atoms with Crippen molar-refractivity contribution in [2.24, 2.45) is 17.4 Å². The highest BCUT2D eigenvalue weighted by atomic mass is 16.5. The summed E-state index contributed by atoms with van der Waals surface area (Å²) in [7, 11) is 1.29. The standard InChI is InChI=1S/C17H27N3O3/c1-11(2)9-14(17(22)23-3)20-16(21)15(19)13(18)10-12-7-5-4-6-8-12/h4-8,11,13-15H,9-10,18-19H2,1-3H3,(H,20,21)/t13-,14+,15+/m1/s1. The quantitative estimate of drug-likeness (QED) is 0.607. The maximum Gasteiger partial charge on any atom is 0.328 e. The van der Waals surface area contributed by atoms with Gasteiger partial charge in [0.1, 0.15) is 6.04 Å². The second-order valence-corrected chi connectivity index (χ2v) is 6.09. The Morgan fingerprint density at radius 2 is 1.78 bits per heavy atom. The third kappa shape index (κ3) is 6.38. The number of hydrogen-bond acceptors (Lipinski definition) is 5. The van der Waals surface area contributed by atoms with Gasteiger partial charge in [-0.15, -0.1) is 0 Å². The van der Waals surface area contributed by atoms with Crippen molar-refractivity contribution in [3.05, 3.63) is 35.9 Å². The van der Waals surface area contributed by atoms with Crippen LogP contribution in [0.2, 0.25) is 0 Å². The van der Waals surface area contributed by atoms with Gasteiger partial charge in [0.25, 0.3) is 0 Å². The van der Waals surface area contributed by atoms with Crippen LogP contribution >= 0.6 is 0 Å². The molecule has 5 N–H and O–H groups in total. The van der Waals surface area contributed by atoms with Crippen LogP contribution in [-0.4, -0.2) is 37.1 Å². The summed E-state index contributed by atoms with van der Waals surface area (Å²) in [6, 6.07) is 7.45. The number of carbonyl (C=O) groups excluding carboxylic acids is 2. The van der Waals surface area contributed by atoms with E-state index < -0.39 is 30.0 Å². The first-order chi connectivity index (χ1) is 10.8. The molecule has 23 heavy (non-hydrogen) atoms. The lowest BCUT2D eigenvalue weighted by Crippen LogP contribution is -2.56. The van der Waals surface area contributed by atoms with E-state index in [9.17, 15) is 9.59 Å². The van der Waals surface area contributed by atoms with Crippen LogP contribution in [0.3, 0.4) is 0 Å². The van der Waals surface area contributed by atoms with Crippen molar-refractivity contribution in [1.29, 1.82) is 0 Å². The van der Waals surface area contributed by atoms with Gasteiger partial charge in [0.15, 0.2) is 0 Å². The zero-order chi connectivity index (χ0) is 17.4. The fraction of sp³-hybridized carbons (Fsp3) is 0.529. The number of methoxy groups -OCH3 is 1. The minimum absolute atomic E-state index is 0.230. The Bertz CT molecular complexity index is 505. The van der Waals surface area contributed by atoms with E-state index in [0.717, 1.165) is 5.56 Å². The van der Waals surface area contributed by atoms with Gasteiger partial charge < -0.3 is 21.5 Å². The molecule has 1 aromatic carbocycles. The first kappa shape index (κ1) is 19.1. The Morgan fingerprint density at radius 3 is 2.30 bits per heavy atom. The highest BCUT2D eigenvalue weighted by Gasteiger charge is 2.28. The molecule has 0 saturated carbocycles. The summed E-state index contributed by atoms with van der Waals surface area (Å²) in [4.78, 5) is 24.0. The third-order valence-electron chi connectivity index (χ3n) is 3.59. The summed E-state index contributed by atoms with van der Waals surface area (Å²) in [5, 5.41) is 2.65. The van der Waals surface area contributed by atoms with E-state index in [-0.39, 0.29) is 5.92 Å². The van der Waals surface area contributed by atoms with Gasteiger partial charge in [-0.1, -0.05) is 44.2 Å². The van der Waals surface area contributed by atoms with E-state index in [4.69, 9.17) is 16.2 Å². The molecule has 1 amide bonds. The van der Waals surface area contributed by atoms with Crippen LogP contribution in [0.5, 0.6) is 0 Å². The summed E-state index contributed by atoms with van der Waals surface area (Å²) in [6.45, 7) is 3.92. The number of nitrogens with one attached hydrogen (secondary N) is 1. The topological polar surface area (TPSA) is 107 Å². The molecule has 3 atom stereocenters. The molecule has 0 aliphatic carbocycles. The Balaban J connectivity index is 2.64. The zero-order valence-electron chi connectivity index (χ0n) is 14.0. The minimum atomic E-state index is -0.894. The van der Waals surface area contributed by atoms with Crippen molar-refractivity contribution < 1.29 is 14.3 Å². The monoisotopic (exact) mass is 321 g/mol. The molecule has 0 saturated heterocycles. The fourth-order valence-electron chi connectivity index (χ4n) is 2.30. The predicted molar refractivity (Wildman–Crippen MR) is 89.5 cm³/mol. The van der Waals surface area contributed by atoms with Gasteiger partial charge in [0, 0.05) is 6.04 Å². The molecular weight excluding hydrogens is 294 g/mol. The van der Waals surface area contributed by atoms with Crippen molar-refractivity contribution in [1.82, 2.24) is 5.32 Å². The first-order valence-corrected chi connectivity index (χ1v) is 7.78. The molecule has 0 bridgehead atoms. The Hall–Kier alpha value is -1.92. The minimum Gasteiger partial charge on any atom is -0.467 e. The maximum absolute atomic E-state index is 12.3. The van der Waals surface area contributed by atoms with E-state index in [1.807, 2.05) is 44.2 Å². The lowest BCUT2D eigenvalue weighted by molar-refractivity contribution is -0.145. The number of nitrogens with two attached hydrogens (primary N) is 2. The molecular formula is C17H27N3O3. The molecule has 0 spiro atoms. The number of hydrogen-bond donors (Lipinski definition) is 3. The van der Waals surface area contributed by atoms with Crippen molar-refractivity contribution >= 4 is 11.9 Å². The average Bonchev–Trinajstić information content (AvgIpc) is 2.53. The molecule has 1 rings (SSSR count). The van der Waals surface area contributed by atoms with Crippen molar-refractivity contribution in [3.8, 4) is 0 Å². The predicted octanol–water partition coefficient (Wildman–Crippen LogP) is 0.588. The average molecular weight is 321 g/mol. The zero-order valence-corrected chi connectivity index (χ0v) is 14.0. The summed E-state index contributed by atoms with van der Waals surface area (Å²) in [6.07, 6.45) is 0.974. The van der Waals surface area contributed by atoms with Gasteiger partial charge >= 0.3 is 5.97 Å². The Kier molecular flexibility index (Phi) is 7.71. The van der Waals surface area contributed by atoms with Gasteiger partial charge in [-0.2, -0.15) is 0 Å². The largest absolute Gasteiger partial charge is 0.467 e. The Labute approximate surface area is 137 Å². The SMILES string of the molecule is COC(=O)[C@H](CC(C)C)NC(=O)[C@@H](N)[C@H](N)Cc1ccccc1. The van der Waals surface area contributed by atoms with E-state index in [2.05, 4.69) is 5.32 Å². The van der Waals surface area contributed by atoms with Crippen LogP contribution in [0.15, 0.2) is 30.3 Å². The van der Waals surface area contributed by atoms with E-state index in [1.165, 1.54) is 7.11 Å². The molecule has 0 heterocycles. The molecule has 1 aromatic rings. The number of esters is 1. The van der Waals surface area contributed by atoms with Crippen LogP contribution in [0.25, 0.3) is 0 Å². The number of carbonyl (C=O) groups is 2. The lowest BCUT2D eigenvalue weighted by Gasteiger charge is -2.23. The molecule has 0 radical (unpaired) electrons. The molecule has 0 aliphatic rings. The second-order valence-electron chi connectivity index (χ2n) is 6.09. The first-order valence-electron chi connectivity index (χ1n) is 7.78. The fourth-order valence-corrected chi connectivity index (χ4v) is 2.30. The van der Waals surface area contributed by atoms with Gasteiger partial charge in [-0.05, 0) is 24.3 Å². The lowest BCUT2D eigenvalue weighted by atomic mass is 9.99. The van der Waals surface area contributed by atoms with Crippen LogP contribution in [-0.2, 0) is 20.7 Å². The number of benzene rings is 1. The Morgan fingerprint density at radius 1 is 1.17 bits per heavy atom. The van der Waals surface area contributed by atoms with Crippen LogP contribution in [0, 0.1) is 5.92 Å². The number of amides is 1. The molecule has 128 valence electrons. The molecule has 6 nitrogen and oxygen atoms in total. The summed E-state index contributed by atoms with van der Waals surface area (Å²) < 4.78 is 4.72. The molecule has 0 aliphatic heterocycles. The van der Waals surface area contributed by atoms with E-state index in [1.54, 1.807) is 0 Å². The van der Waals surface area contributed by atoms with Crippen LogP contribution < -0.4 is 16.8 Å². The van der Waals surface area contributed by atoms with Gasteiger partial charge in [0.05, 0.1) is 13.2 Å². The normalized spacial score (nSPS) is 14.9. The van der Waals surface area contributed by atoms with Gasteiger partial charge in [-0.3, -0.25) is 4.79 Å². The summed E-state index contributed by atoms with van der Waals surface area (Å²) >= 11 is 0. The highest BCUT2D eigenvalue weighted by molar-refractivity contribution is 5.87. The number of ether oxygens (including phenoxy) is 1. The van der Waals surface area contributed by atoms with Crippen LogP contribution in [0.4, 0.5) is 0 Å². The van der Waals surface area contributed by atoms with Crippen molar-refractivity contribution in [3.63, 3.8) is 0 Å². The summed E-state index contributed by atoms with van der Waals surface area (Å²) in [5.74, 6) is -0.686. The number of rotatable bonds is 8. The highest BCUT2D eigenvalue weighted by Crippen LogP contribution is 2.08. The van der Waals surface area contributed by atoms with Crippen molar-refractivity contribution in [2.75, 3.05) is 7.11 Å². The van der Waals surface area contributed by atoms with Crippen LogP contribution in [0.1, 0.15) is 25.8 Å². The molecule has 6 heteroatoms. The maximum atomic E-state index is 12.3. The molecule has 0 aromatic heterocycles. The van der Waals surface area contributed by atoms with E-state index >= 15 is 0 Å². The summed E-state index contributed by atoms with van der Waals surface area (Å²) in [5.41, 5.74) is 13.0. The van der Waals surface area contributed by atoms with Gasteiger partial charge in [0.2, 0.25) is 5.91 Å². The van der Waals surface area contributed by atoms with E-state index in [0.29, 0.717) is 12.8 Å². The van der Waals surface area contributed by atoms with Gasteiger partial charge in [-0.25, -0.2) is 4.79 Å². The third-order valence-corrected chi connectivity index (χ3v) is 3.59. The van der Waals surface area contributed by atoms with Crippen molar-refractivity contribution in [2.45, 2.75) is 44.8 Å². The smallest absolute Gasteiger partial charge is 0.328 e. The molecule has 0 unspecified atom stereocenters. The second kappa shape index (κ2) is 9.27. The molecule has 0 fully saturated rings.